The van der Waals surface area contributed by atoms with E-state index in [1.807, 2.05) is 4.90 Å². The summed E-state index contributed by atoms with van der Waals surface area (Å²) in [6.07, 6.45) is 0. The molecule has 0 spiro atoms. The zero-order valence-electron chi connectivity index (χ0n) is 15.4. The summed E-state index contributed by atoms with van der Waals surface area (Å²) in [5.41, 5.74) is 0.820. The van der Waals surface area contributed by atoms with Crippen LogP contribution in [-0.2, 0) is 4.74 Å². The van der Waals surface area contributed by atoms with E-state index >= 15 is 0 Å². The molecule has 0 aliphatic carbocycles. The maximum absolute atomic E-state index is 12.7. The molecular formula is C19H18ClN3O6. The first kappa shape index (κ1) is 19.3. The van der Waals surface area contributed by atoms with Gasteiger partial charge in [-0.15, -0.1) is 0 Å². The largest absolute Gasteiger partial charge is 0.486 e. The maximum atomic E-state index is 12.7. The van der Waals surface area contributed by atoms with Crippen LogP contribution in [0.25, 0.3) is 0 Å². The summed E-state index contributed by atoms with van der Waals surface area (Å²) in [6, 6.07) is 7.55. The van der Waals surface area contributed by atoms with Gasteiger partial charge in [0.1, 0.15) is 18.9 Å². The summed E-state index contributed by atoms with van der Waals surface area (Å²) >= 11 is 6.22. The second-order valence-corrected chi connectivity index (χ2v) is 6.90. The van der Waals surface area contributed by atoms with E-state index in [1.54, 1.807) is 24.3 Å². The third-order valence-electron chi connectivity index (χ3n) is 4.67. The van der Waals surface area contributed by atoms with E-state index in [0.717, 1.165) is 0 Å². The van der Waals surface area contributed by atoms with Crippen LogP contribution in [0.1, 0.15) is 10.4 Å². The summed E-state index contributed by atoms with van der Waals surface area (Å²) in [5.74, 6) is 0.467. The van der Waals surface area contributed by atoms with Crippen molar-refractivity contribution in [3.05, 3.63) is 51.0 Å². The number of benzene rings is 2. The fourth-order valence-corrected chi connectivity index (χ4v) is 3.44. The summed E-state index contributed by atoms with van der Waals surface area (Å²) in [5, 5.41) is 14.5. The lowest BCUT2D eigenvalue weighted by molar-refractivity contribution is -0.384. The quantitative estimate of drug-likeness (QED) is 0.599. The van der Waals surface area contributed by atoms with Crippen LogP contribution in [0.3, 0.4) is 0 Å². The van der Waals surface area contributed by atoms with Gasteiger partial charge in [0.25, 0.3) is 11.6 Å². The molecule has 0 aromatic heterocycles. The van der Waals surface area contributed by atoms with Gasteiger partial charge >= 0.3 is 0 Å². The normalized spacial score (nSPS) is 15.7. The Morgan fingerprint density at radius 2 is 1.76 bits per heavy atom. The van der Waals surface area contributed by atoms with E-state index in [9.17, 15) is 14.9 Å². The molecule has 10 heteroatoms. The van der Waals surface area contributed by atoms with E-state index in [1.165, 1.54) is 6.07 Å². The first-order chi connectivity index (χ1) is 14.0. The lowest BCUT2D eigenvalue weighted by Crippen LogP contribution is -2.36. The number of nitrogens with one attached hydrogen (secondary N) is 1. The van der Waals surface area contributed by atoms with Crippen LogP contribution < -0.4 is 19.7 Å². The molecule has 2 aliphatic rings. The van der Waals surface area contributed by atoms with E-state index in [2.05, 4.69) is 5.32 Å². The Balaban J connectivity index is 1.59. The monoisotopic (exact) mass is 419 g/mol. The molecule has 1 saturated heterocycles. The number of halogens is 1. The van der Waals surface area contributed by atoms with Crippen molar-refractivity contribution in [1.82, 2.24) is 0 Å². The number of hydrogen-bond acceptors (Lipinski definition) is 7. The Bertz CT molecular complexity index is 961. The molecule has 29 heavy (non-hydrogen) atoms. The molecule has 9 nitrogen and oxygen atoms in total. The number of carbonyl (C=O) groups is 1. The standard InChI is InChI=1S/C19H18ClN3O6/c20-13-10-17-18(29-8-7-28-17)11-14(13)21-19(24)12-1-2-15(16(9-12)23(25)26)22-3-5-27-6-4-22/h1-2,9-11H,3-8H2,(H,21,24). The highest BCUT2D eigenvalue weighted by atomic mass is 35.5. The highest BCUT2D eigenvalue weighted by Crippen LogP contribution is 2.38. The van der Waals surface area contributed by atoms with Crippen molar-refractivity contribution in [2.24, 2.45) is 0 Å². The third-order valence-corrected chi connectivity index (χ3v) is 4.98. The van der Waals surface area contributed by atoms with Crippen molar-refractivity contribution in [3.63, 3.8) is 0 Å². The number of nitro benzene ring substituents is 1. The summed E-state index contributed by atoms with van der Waals surface area (Å²) < 4.78 is 16.2. The molecular weight excluding hydrogens is 402 g/mol. The van der Waals surface area contributed by atoms with Crippen LogP contribution in [-0.4, -0.2) is 50.3 Å². The molecule has 4 rings (SSSR count). The first-order valence-electron chi connectivity index (χ1n) is 9.04. The van der Waals surface area contributed by atoms with Crippen molar-refractivity contribution >= 4 is 34.6 Å². The molecule has 2 aromatic carbocycles. The van der Waals surface area contributed by atoms with Crippen molar-refractivity contribution in [3.8, 4) is 11.5 Å². The average Bonchev–Trinajstić information content (AvgIpc) is 2.74. The Labute approximate surface area is 171 Å². The molecule has 152 valence electrons. The number of rotatable bonds is 4. The van der Waals surface area contributed by atoms with Gasteiger partial charge in [-0.05, 0) is 12.1 Å². The molecule has 1 N–H and O–H groups in total. The molecule has 2 aromatic rings. The molecule has 1 fully saturated rings. The zero-order valence-corrected chi connectivity index (χ0v) is 16.1. The minimum absolute atomic E-state index is 0.132. The lowest BCUT2D eigenvalue weighted by Gasteiger charge is -2.28. The highest BCUT2D eigenvalue weighted by Gasteiger charge is 2.24. The van der Waals surface area contributed by atoms with Crippen molar-refractivity contribution in [1.29, 1.82) is 0 Å². The maximum Gasteiger partial charge on any atom is 0.293 e. The van der Waals surface area contributed by atoms with Crippen LogP contribution in [0.15, 0.2) is 30.3 Å². The number of amides is 1. The van der Waals surface area contributed by atoms with Crippen molar-refractivity contribution in [2.45, 2.75) is 0 Å². The minimum atomic E-state index is -0.514. The second-order valence-electron chi connectivity index (χ2n) is 6.49. The van der Waals surface area contributed by atoms with Gasteiger partial charge < -0.3 is 24.4 Å². The van der Waals surface area contributed by atoms with Gasteiger partial charge in [0.15, 0.2) is 11.5 Å². The smallest absolute Gasteiger partial charge is 0.293 e. The van der Waals surface area contributed by atoms with Gasteiger partial charge in [0, 0.05) is 36.9 Å². The lowest BCUT2D eigenvalue weighted by atomic mass is 10.1. The molecule has 1 amide bonds. The Morgan fingerprint density at radius 3 is 2.45 bits per heavy atom. The Kier molecular flexibility index (Phi) is 5.41. The molecule has 0 unspecified atom stereocenters. The van der Waals surface area contributed by atoms with Gasteiger partial charge in [-0.2, -0.15) is 0 Å². The molecule has 0 bridgehead atoms. The number of fused-ring (bicyclic) bond motifs is 1. The molecule has 2 aliphatic heterocycles. The molecule has 0 atom stereocenters. The average molecular weight is 420 g/mol. The predicted octanol–water partition coefficient (Wildman–Crippen LogP) is 3.11. The molecule has 0 radical (unpaired) electrons. The third kappa shape index (κ3) is 4.06. The number of anilines is 2. The van der Waals surface area contributed by atoms with Crippen LogP contribution >= 0.6 is 11.6 Å². The predicted molar refractivity (Wildman–Crippen MR) is 107 cm³/mol. The second kappa shape index (κ2) is 8.14. The van der Waals surface area contributed by atoms with Gasteiger partial charge in [-0.1, -0.05) is 11.6 Å². The highest BCUT2D eigenvalue weighted by molar-refractivity contribution is 6.34. The Morgan fingerprint density at radius 1 is 1.07 bits per heavy atom. The first-order valence-corrected chi connectivity index (χ1v) is 9.42. The number of ether oxygens (including phenoxy) is 3. The fourth-order valence-electron chi connectivity index (χ4n) is 3.24. The summed E-state index contributed by atoms with van der Waals surface area (Å²) in [6.45, 7) is 2.94. The number of nitro groups is 1. The summed E-state index contributed by atoms with van der Waals surface area (Å²) in [7, 11) is 0. The van der Waals surface area contributed by atoms with Gasteiger partial charge in [-0.3, -0.25) is 14.9 Å². The van der Waals surface area contributed by atoms with E-state index in [0.29, 0.717) is 62.4 Å². The van der Waals surface area contributed by atoms with Gasteiger partial charge in [0.05, 0.1) is 28.8 Å². The van der Waals surface area contributed by atoms with Crippen LogP contribution in [0, 0.1) is 10.1 Å². The van der Waals surface area contributed by atoms with E-state index in [-0.39, 0.29) is 16.3 Å². The van der Waals surface area contributed by atoms with Gasteiger partial charge in [-0.25, -0.2) is 0 Å². The number of carbonyl (C=O) groups excluding carboxylic acids is 1. The number of nitrogens with zero attached hydrogens (tertiary/aromatic N) is 2. The Hall–Kier alpha value is -3.04. The van der Waals surface area contributed by atoms with Crippen LogP contribution in [0.4, 0.5) is 17.1 Å². The van der Waals surface area contributed by atoms with Crippen molar-refractivity contribution in [2.75, 3.05) is 49.7 Å². The summed E-state index contributed by atoms with van der Waals surface area (Å²) in [4.78, 5) is 25.7. The van der Waals surface area contributed by atoms with Crippen molar-refractivity contribution < 1.29 is 23.9 Å². The van der Waals surface area contributed by atoms with E-state index < -0.39 is 10.8 Å². The SMILES string of the molecule is O=C(Nc1cc2c(cc1Cl)OCCO2)c1ccc(N2CCOCC2)c([N+](=O)[O-])c1. The van der Waals surface area contributed by atoms with Gasteiger partial charge in [0.2, 0.25) is 0 Å². The fraction of sp³-hybridized carbons (Fsp3) is 0.316. The topological polar surface area (TPSA) is 103 Å². The number of morpholine rings is 1. The van der Waals surface area contributed by atoms with E-state index in [4.69, 9.17) is 25.8 Å². The molecule has 0 saturated carbocycles. The number of hydrogen-bond donors (Lipinski definition) is 1. The molecule has 2 heterocycles. The van der Waals surface area contributed by atoms with Crippen LogP contribution in [0.5, 0.6) is 11.5 Å². The van der Waals surface area contributed by atoms with Crippen LogP contribution in [0.2, 0.25) is 5.02 Å². The zero-order chi connectivity index (χ0) is 20.4. The minimum Gasteiger partial charge on any atom is -0.486 e.